The molecule has 2 heterocycles. The van der Waals surface area contributed by atoms with Gasteiger partial charge in [-0.1, -0.05) is 0 Å². The van der Waals surface area contributed by atoms with Gasteiger partial charge in [0, 0.05) is 48.3 Å². The summed E-state index contributed by atoms with van der Waals surface area (Å²) < 4.78 is 13.3. The molecule has 0 spiro atoms. The molecule has 0 aliphatic carbocycles. The van der Waals surface area contributed by atoms with Crippen LogP contribution in [0.25, 0.3) is 11.1 Å². The number of benzene rings is 1. The van der Waals surface area contributed by atoms with E-state index in [-0.39, 0.29) is 5.92 Å². The highest BCUT2D eigenvalue weighted by molar-refractivity contribution is 7.98. The smallest absolute Gasteiger partial charge is 0.212 e. The van der Waals surface area contributed by atoms with Gasteiger partial charge in [0.2, 0.25) is 5.95 Å². The molecule has 0 saturated carbocycles. The zero-order valence-corrected chi connectivity index (χ0v) is 17.3. The van der Waals surface area contributed by atoms with E-state index in [1.807, 2.05) is 18.4 Å². The Morgan fingerprint density at radius 1 is 1.38 bits per heavy atom. The summed E-state index contributed by atoms with van der Waals surface area (Å²) in [6.45, 7) is 1.40. The lowest BCUT2D eigenvalue weighted by Crippen LogP contribution is -2.41. The van der Waals surface area contributed by atoms with Gasteiger partial charge in [-0.05, 0) is 43.4 Å². The van der Waals surface area contributed by atoms with Gasteiger partial charge in [-0.25, -0.2) is 4.98 Å². The first kappa shape index (κ1) is 20.8. The first-order chi connectivity index (χ1) is 14.0. The van der Waals surface area contributed by atoms with Crippen LogP contribution in [0.4, 0.5) is 10.1 Å². The van der Waals surface area contributed by atoms with E-state index in [2.05, 4.69) is 16.0 Å². The third kappa shape index (κ3) is 4.40. The van der Waals surface area contributed by atoms with Crippen molar-refractivity contribution in [3.8, 4) is 17.2 Å². The molecule has 1 fully saturated rings. The van der Waals surface area contributed by atoms with Gasteiger partial charge in [0.25, 0.3) is 0 Å². The number of nitrogens with zero attached hydrogens (tertiary/aromatic N) is 4. The number of nitriles is 1. The molecule has 8 heteroatoms. The van der Waals surface area contributed by atoms with Crippen molar-refractivity contribution in [2.24, 2.45) is 5.92 Å². The number of aromatic nitrogens is 1. The normalized spacial score (nSPS) is 14.3. The first-order valence-electron chi connectivity index (χ1n) is 9.29. The summed E-state index contributed by atoms with van der Waals surface area (Å²) in [6, 6.07) is 9.25. The SMILES string of the molecule is CSc1cc(C#N)c(N2CCC(C(=N)N(C)C=N)CC2)c(-c2ccc(F)nc2)c1. The summed E-state index contributed by atoms with van der Waals surface area (Å²) in [7, 11) is 1.72. The molecular formula is C21H23FN6S. The standard InChI is InChI=1S/C21H23FN6S/c1-27(13-24)21(25)14-5-7-28(8-6-14)20-16(11-23)9-17(29-2)10-18(20)15-3-4-19(22)26-12-15/h3-4,9-10,12-14,24-25H,5-8H2,1-2H3. The molecule has 1 aromatic heterocycles. The third-order valence-electron chi connectivity index (χ3n) is 5.25. The number of rotatable bonds is 5. The van der Waals surface area contributed by atoms with Crippen molar-refractivity contribution in [1.29, 1.82) is 16.1 Å². The molecule has 2 aromatic rings. The van der Waals surface area contributed by atoms with Crippen molar-refractivity contribution < 1.29 is 4.39 Å². The fourth-order valence-electron chi connectivity index (χ4n) is 3.64. The molecule has 1 aliphatic rings. The number of amidine groups is 1. The van der Waals surface area contributed by atoms with Gasteiger partial charge in [-0.3, -0.25) is 10.8 Å². The van der Waals surface area contributed by atoms with Gasteiger partial charge >= 0.3 is 0 Å². The molecule has 0 bridgehead atoms. The fraction of sp³-hybridized carbons (Fsp3) is 0.333. The number of nitrogens with one attached hydrogen (secondary N) is 2. The molecule has 0 unspecified atom stereocenters. The van der Waals surface area contributed by atoms with E-state index >= 15 is 0 Å². The van der Waals surface area contributed by atoms with Gasteiger partial charge in [-0.2, -0.15) is 9.65 Å². The van der Waals surface area contributed by atoms with Crippen molar-refractivity contribution in [3.63, 3.8) is 0 Å². The van der Waals surface area contributed by atoms with Gasteiger partial charge in [0.1, 0.15) is 11.9 Å². The van der Waals surface area contributed by atoms with Crippen molar-refractivity contribution in [1.82, 2.24) is 9.88 Å². The van der Waals surface area contributed by atoms with E-state index < -0.39 is 5.95 Å². The van der Waals surface area contributed by atoms with E-state index in [4.69, 9.17) is 10.8 Å². The first-order valence-corrected chi connectivity index (χ1v) is 10.5. The molecule has 1 aliphatic heterocycles. The summed E-state index contributed by atoms with van der Waals surface area (Å²) >= 11 is 1.56. The van der Waals surface area contributed by atoms with E-state index in [0.717, 1.165) is 40.9 Å². The van der Waals surface area contributed by atoms with Crippen molar-refractivity contribution in [2.75, 3.05) is 31.3 Å². The average molecular weight is 411 g/mol. The summed E-state index contributed by atoms with van der Waals surface area (Å²) in [4.78, 5) is 8.46. The zero-order valence-electron chi connectivity index (χ0n) is 16.4. The summed E-state index contributed by atoms with van der Waals surface area (Å²) in [5.74, 6) is -0.00267. The maximum absolute atomic E-state index is 13.3. The summed E-state index contributed by atoms with van der Waals surface area (Å²) in [5.41, 5.74) is 3.06. The van der Waals surface area contributed by atoms with E-state index in [1.165, 1.54) is 17.2 Å². The van der Waals surface area contributed by atoms with Crippen LogP contribution in [0.15, 0.2) is 35.4 Å². The van der Waals surface area contributed by atoms with Gasteiger partial charge in [0.05, 0.1) is 17.6 Å². The highest BCUT2D eigenvalue weighted by Gasteiger charge is 2.27. The van der Waals surface area contributed by atoms with Gasteiger partial charge in [-0.15, -0.1) is 11.8 Å². The Morgan fingerprint density at radius 2 is 2.10 bits per heavy atom. The largest absolute Gasteiger partial charge is 0.370 e. The minimum atomic E-state index is -0.536. The Bertz CT molecular complexity index is 945. The molecule has 6 nitrogen and oxygen atoms in total. The Hall–Kier alpha value is -2.92. The second-order valence-electron chi connectivity index (χ2n) is 6.94. The highest BCUT2D eigenvalue weighted by atomic mass is 32.2. The number of hydrogen-bond donors (Lipinski definition) is 2. The lowest BCUT2D eigenvalue weighted by Gasteiger charge is -2.36. The minimum Gasteiger partial charge on any atom is -0.370 e. The van der Waals surface area contributed by atoms with Crippen LogP contribution in [0.1, 0.15) is 18.4 Å². The Morgan fingerprint density at radius 3 is 2.66 bits per heavy atom. The van der Waals surface area contributed by atoms with E-state index in [0.29, 0.717) is 24.5 Å². The number of piperidine rings is 1. The molecule has 2 N–H and O–H groups in total. The molecule has 0 radical (unpaired) electrons. The van der Waals surface area contributed by atoms with Crippen molar-refractivity contribution >= 4 is 29.6 Å². The van der Waals surface area contributed by atoms with Gasteiger partial charge < -0.3 is 9.80 Å². The minimum absolute atomic E-state index is 0.0878. The summed E-state index contributed by atoms with van der Waals surface area (Å²) in [6.07, 6.45) is 6.16. The monoisotopic (exact) mass is 410 g/mol. The number of halogens is 1. The van der Waals surface area contributed by atoms with Crippen LogP contribution < -0.4 is 4.90 Å². The van der Waals surface area contributed by atoms with Crippen LogP contribution in [-0.4, -0.2) is 48.5 Å². The number of anilines is 1. The van der Waals surface area contributed by atoms with Crippen molar-refractivity contribution in [2.45, 2.75) is 17.7 Å². The highest BCUT2D eigenvalue weighted by Crippen LogP contribution is 2.39. The molecule has 150 valence electrons. The topological polar surface area (TPSA) is 90.9 Å². The lowest BCUT2D eigenvalue weighted by atomic mass is 9.92. The predicted octanol–water partition coefficient (Wildman–Crippen LogP) is 4.21. The van der Waals surface area contributed by atoms with Crippen LogP contribution >= 0.6 is 11.8 Å². The number of thioether (sulfide) groups is 1. The average Bonchev–Trinajstić information content (AvgIpc) is 2.77. The molecule has 29 heavy (non-hydrogen) atoms. The summed E-state index contributed by atoms with van der Waals surface area (Å²) in [5, 5.41) is 25.4. The Kier molecular flexibility index (Phi) is 6.49. The molecule has 1 saturated heterocycles. The van der Waals surface area contributed by atoms with E-state index in [9.17, 15) is 9.65 Å². The molecule has 0 amide bonds. The van der Waals surface area contributed by atoms with Crippen LogP contribution in [-0.2, 0) is 0 Å². The fourth-order valence-corrected chi connectivity index (χ4v) is 4.11. The maximum atomic E-state index is 13.3. The van der Waals surface area contributed by atoms with Gasteiger partial charge in [0.15, 0.2) is 0 Å². The maximum Gasteiger partial charge on any atom is 0.212 e. The lowest BCUT2D eigenvalue weighted by molar-refractivity contribution is 0.473. The van der Waals surface area contributed by atoms with Crippen LogP contribution in [0, 0.1) is 34.0 Å². The predicted molar refractivity (Wildman–Crippen MR) is 115 cm³/mol. The van der Waals surface area contributed by atoms with E-state index in [1.54, 1.807) is 24.9 Å². The van der Waals surface area contributed by atoms with Crippen molar-refractivity contribution in [3.05, 3.63) is 42.0 Å². The molecule has 3 rings (SSSR count). The van der Waals surface area contributed by atoms with Crippen LogP contribution in [0.3, 0.4) is 0 Å². The Labute approximate surface area is 174 Å². The second-order valence-corrected chi connectivity index (χ2v) is 7.82. The zero-order chi connectivity index (χ0) is 21.0. The second kappa shape index (κ2) is 9.05. The third-order valence-corrected chi connectivity index (χ3v) is 5.96. The molecule has 0 atom stereocenters. The van der Waals surface area contributed by atoms with Crippen LogP contribution in [0.2, 0.25) is 0 Å². The quantitative estimate of drug-likeness (QED) is 0.333. The molecule has 1 aromatic carbocycles. The number of pyridine rings is 1. The molecular weight excluding hydrogens is 387 g/mol. The van der Waals surface area contributed by atoms with Crippen LogP contribution in [0.5, 0.6) is 0 Å². The number of hydrogen-bond acceptors (Lipinski definition) is 6. The Balaban J connectivity index is 1.97.